The van der Waals surface area contributed by atoms with E-state index in [0.29, 0.717) is 12.0 Å². The number of aryl methyl sites for hydroxylation is 1. The molecule has 2 N–H and O–H groups in total. The molecule has 1 fully saturated rings. The van der Waals surface area contributed by atoms with Gasteiger partial charge in [0.1, 0.15) is 11.8 Å². The number of aliphatic hydroxyl groups excluding tert-OH is 1. The Kier molecular flexibility index (Phi) is 3.85. The lowest BCUT2D eigenvalue weighted by molar-refractivity contribution is -0.0969. The Morgan fingerprint density at radius 2 is 2.32 bits per heavy atom. The molecule has 1 saturated heterocycles. The van der Waals surface area contributed by atoms with E-state index in [-0.39, 0.29) is 18.4 Å². The third-order valence-electron chi connectivity index (χ3n) is 3.77. The average molecular weight is 289 g/mol. The highest BCUT2D eigenvalue weighted by atomic mass is 35.5. The van der Waals surface area contributed by atoms with Gasteiger partial charge in [-0.05, 0) is 19.3 Å². The molecule has 1 aromatic heterocycles. The predicted molar refractivity (Wildman–Crippen MR) is 70.5 cm³/mol. The zero-order valence-corrected chi connectivity index (χ0v) is 11.6. The molecule has 3 atom stereocenters. The van der Waals surface area contributed by atoms with E-state index in [1.165, 1.54) is 10.8 Å². The Labute approximate surface area is 115 Å². The van der Waals surface area contributed by atoms with Crippen molar-refractivity contribution in [1.82, 2.24) is 9.55 Å². The number of aromatic nitrogens is 2. The number of nitrogens with zero attached hydrogens (tertiary/aromatic N) is 1. The number of aromatic amines is 1. The van der Waals surface area contributed by atoms with Crippen molar-refractivity contribution in [2.45, 2.75) is 32.1 Å². The molecule has 0 aliphatic carbocycles. The van der Waals surface area contributed by atoms with Crippen molar-refractivity contribution in [2.75, 3.05) is 12.5 Å². The summed E-state index contributed by atoms with van der Waals surface area (Å²) >= 11 is 5.88. The first-order valence-electron chi connectivity index (χ1n) is 6.10. The molecule has 0 radical (unpaired) electrons. The van der Waals surface area contributed by atoms with Crippen molar-refractivity contribution in [3.05, 3.63) is 32.6 Å². The molecule has 0 saturated carbocycles. The van der Waals surface area contributed by atoms with Gasteiger partial charge in [-0.15, -0.1) is 11.6 Å². The molecule has 2 heterocycles. The van der Waals surface area contributed by atoms with Gasteiger partial charge in [0.15, 0.2) is 0 Å². The lowest BCUT2D eigenvalue weighted by atomic mass is 9.91. The zero-order valence-electron chi connectivity index (χ0n) is 10.9. The summed E-state index contributed by atoms with van der Waals surface area (Å²) in [6, 6.07) is 0. The number of H-pyrrole nitrogens is 1. The van der Waals surface area contributed by atoms with Crippen LogP contribution in [0.25, 0.3) is 0 Å². The predicted octanol–water partition coefficient (Wildman–Crippen LogP) is 0.370. The number of aliphatic hydroxyl groups is 1. The van der Waals surface area contributed by atoms with Gasteiger partial charge in [0.25, 0.3) is 5.56 Å². The first kappa shape index (κ1) is 14.3. The van der Waals surface area contributed by atoms with Gasteiger partial charge in [-0.1, -0.05) is 6.92 Å². The Bertz CT molecular complexity index is 576. The highest BCUT2D eigenvalue weighted by Crippen LogP contribution is 2.41. The number of halogens is 1. The largest absolute Gasteiger partial charge is 0.393 e. The van der Waals surface area contributed by atoms with Crippen LogP contribution < -0.4 is 11.2 Å². The summed E-state index contributed by atoms with van der Waals surface area (Å²) in [6.45, 7) is 3.33. The summed E-state index contributed by atoms with van der Waals surface area (Å²) in [5.41, 5.74) is -1.33. The van der Waals surface area contributed by atoms with Gasteiger partial charge < -0.3 is 9.84 Å². The maximum atomic E-state index is 11.8. The number of hydrogen-bond acceptors (Lipinski definition) is 4. The van der Waals surface area contributed by atoms with E-state index in [1.54, 1.807) is 6.92 Å². The maximum absolute atomic E-state index is 11.8. The third-order valence-corrected chi connectivity index (χ3v) is 4.23. The first-order chi connectivity index (χ1) is 8.93. The smallest absolute Gasteiger partial charge is 0.330 e. The topological polar surface area (TPSA) is 84.3 Å². The van der Waals surface area contributed by atoms with E-state index in [0.717, 1.165) is 0 Å². The average Bonchev–Trinajstić information content (AvgIpc) is 2.71. The molecule has 1 aromatic rings. The SMILES string of the molecule is Cc1cn([C@H]2C[C@H](C)[C@](CO)(CCl)O2)c(=O)[nH]c1=O. The van der Waals surface area contributed by atoms with Crippen molar-refractivity contribution in [2.24, 2.45) is 5.92 Å². The van der Waals surface area contributed by atoms with Crippen LogP contribution in [0.15, 0.2) is 15.8 Å². The van der Waals surface area contributed by atoms with E-state index < -0.39 is 23.1 Å². The second-order valence-electron chi connectivity index (χ2n) is 5.04. The fourth-order valence-corrected chi connectivity index (χ4v) is 2.73. The molecule has 0 aromatic carbocycles. The zero-order chi connectivity index (χ0) is 14.2. The lowest BCUT2D eigenvalue weighted by Crippen LogP contribution is -2.41. The summed E-state index contributed by atoms with van der Waals surface area (Å²) < 4.78 is 7.12. The Morgan fingerprint density at radius 1 is 1.63 bits per heavy atom. The van der Waals surface area contributed by atoms with Crippen LogP contribution in [-0.2, 0) is 4.74 Å². The normalized spacial score (nSPS) is 30.7. The highest BCUT2D eigenvalue weighted by molar-refractivity contribution is 6.18. The molecule has 0 bridgehead atoms. The van der Waals surface area contributed by atoms with Crippen LogP contribution in [0.3, 0.4) is 0 Å². The molecule has 1 aliphatic rings. The maximum Gasteiger partial charge on any atom is 0.330 e. The van der Waals surface area contributed by atoms with E-state index in [2.05, 4.69) is 4.98 Å². The lowest BCUT2D eigenvalue weighted by Gasteiger charge is -2.28. The monoisotopic (exact) mass is 288 g/mol. The Hall–Kier alpha value is -1.11. The summed E-state index contributed by atoms with van der Waals surface area (Å²) in [7, 11) is 0. The second kappa shape index (κ2) is 5.11. The van der Waals surface area contributed by atoms with Gasteiger partial charge in [0.2, 0.25) is 0 Å². The van der Waals surface area contributed by atoms with Crippen molar-refractivity contribution < 1.29 is 9.84 Å². The van der Waals surface area contributed by atoms with Crippen molar-refractivity contribution in [3.8, 4) is 0 Å². The standard InChI is InChI=1S/C12H17ClN2O4/c1-7-4-15(11(18)14-10(7)17)9-3-8(2)12(5-13,6-16)19-9/h4,8-9,16H,3,5-6H2,1-2H3,(H,14,17,18)/t8-,9+,12+/m0/s1. The second-order valence-corrected chi connectivity index (χ2v) is 5.31. The number of nitrogens with one attached hydrogen (secondary N) is 1. The molecule has 19 heavy (non-hydrogen) atoms. The van der Waals surface area contributed by atoms with Crippen LogP contribution in [0.5, 0.6) is 0 Å². The first-order valence-corrected chi connectivity index (χ1v) is 6.63. The summed E-state index contributed by atoms with van der Waals surface area (Å²) in [4.78, 5) is 25.4. The molecule has 0 spiro atoms. The van der Waals surface area contributed by atoms with Gasteiger partial charge in [-0.3, -0.25) is 14.3 Å². The fraction of sp³-hybridized carbons (Fsp3) is 0.667. The molecular weight excluding hydrogens is 272 g/mol. The van der Waals surface area contributed by atoms with Crippen LogP contribution in [0.4, 0.5) is 0 Å². The number of rotatable bonds is 3. The number of ether oxygens (including phenoxy) is 1. The van der Waals surface area contributed by atoms with E-state index in [9.17, 15) is 14.7 Å². The number of alkyl halides is 1. The van der Waals surface area contributed by atoms with Crippen LogP contribution in [0.2, 0.25) is 0 Å². The van der Waals surface area contributed by atoms with E-state index >= 15 is 0 Å². The molecule has 6 nitrogen and oxygen atoms in total. The molecule has 2 rings (SSSR count). The summed E-state index contributed by atoms with van der Waals surface area (Å²) in [5.74, 6) is 0.164. The van der Waals surface area contributed by atoms with Crippen molar-refractivity contribution in [3.63, 3.8) is 0 Å². The summed E-state index contributed by atoms with van der Waals surface area (Å²) in [6.07, 6.45) is 1.50. The third kappa shape index (κ3) is 2.35. The van der Waals surface area contributed by atoms with Crippen LogP contribution in [-0.4, -0.2) is 32.7 Å². The van der Waals surface area contributed by atoms with Crippen LogP contribution in [0.1, 0.15) is 25.1 Å². The molecular formula is C12H17ClN2O4. The molecule has 0 unspecified atom stereocenters. The van der Waals surface area contributed by atoms with Gasteiger partial charge in [0, 0.05) is 11.8 Å². The minimum absolute atomic E-state index is 0.0131. The van der Waals surface area contributed by atoms with Crippen molar-refractivity contribution >= 4 is 11.6 Å². The van der Waals surface area contributed by atoms with E-state index in [4.69, 9.17) is 16.3 Å². The van der Waals surface area contributed by atoms with E-state index in [1.807, 2.05) is 6.92 Å². The molecule has 1 aliphatic heterocycles. The minimum atomic E-state index is -0.838. The molecule has 106 valence electrons. The summed E-state index contributed by atoms with van der Waals surface area (Å²) in [5, 5.41) is 9.46. The molecule has 0 amide bonds. The van der Waals surface area contributed by atoms with Crippen LogP contribution in [0, 0.1) is 12.8 Å². The Balaban J connectivity index is 2.38. The van der Waals surface area contributed by atoms with Gasteiger partial charge in [-0.2, -0.15) is 0 Å². The van der Waals surface area contributed by atoms with Gasteiger partial charge >= 0.3 is 5.69 Å². The van der Waals surface area contributed by atoms with Crippen LogP contribution >= 0.6 is 11.6 Å². The Morgan fingerprint density at radius 3 is 2.84 bits per heavy atom. The fourth-order valence-electron chi connectivity index (χ4n) is 2.32. The molecule has 7 heteroatoms. The number of hydrogen-bond donors (Lipinski definition) is 2. The minimum Gasteiger partial charge on any atom is -0.393 e. The van der Waals surface area contributed by atoms with Crippen molar-refractivity contribution in [1.29, 1.82) is 0 Å². The van der Waals surface area contributed by atoms with Gasteiger partial charge in [-0.25, -0.2) is 4.79 Å². The van der Waals surface area contributed by atoms with Gasteiger partial charge in [0.05, 0.1) is 12.5 Å². The highest BCUT2D eigenvalue weighted by Gasteiger charge is 2.46. The quantitative estimate of drug-likeness (QED) is 0.787.